The van der Waals surface area contributed by atoms with Gasteiger partial charge in [0, 0.05) is 30.6 Å². The fraction of sp³-hybridized carbons (Fsp3) is 0.259. The number of carbonyl (C=O) groups is 1. The summed E-state index contributed by atoms with van der Waals surface area (Å²) in [7, 11) is 4.03. The van der Waals surface area contributed by atoms with Crippen LogP contribution in [0.25, 0.3) is 22.2 Å². The van der Waals surface area contributed by atoms with Gasteiger partial charge in [-0.25, -0.2) is 4.98 Å². The van der Waals surface area contributed by atoms with Crippen molar-refractivity contribution in [2.24, 2.45) is 0 Å². The van der Waals surface area contributed by atoms with Crippen molar-refractivity contribution in [2.75, 3.05) is 27.2 Å². The fourth-order valence-corrected chi connectivity index (χ4v) is 3.90. The Hall–Kier alpha value is -3.44. The standard InChI is InChI=1S/C27H29N3O2/c1-19-7-5-9-21(15-19)26-24(16-22-10-6-8-20(2)25(22)28-26)17-30(13-12-29(3)4)27(31)23-11-14-32-18-23/h5-11,14-16,18H,12-13,17H2,1-4H3. The van der Waals surface area contributed by atoms with E-state index < -0.39 is 0 Å². The number of furan rings is 1. The first-order valence-electron chi connectivity index (χ1n) is 10.8. The first-order chi connectivity index (χ1) is 15.4. The summed E-state index contributed by atoms with van der Waals surface area (Å²) in [6, 6.07) is 18.5. The Kier molecular flexibility index (Phi) is 6.37. The molecule has 0 aliphatic heterocycles. The third-order valence-corrected chi connectivity index (χ3v) is 5.65. The van der Waals surface area contributed by atoms with Crippen molar-refractivity contribution in [1.82, 2.24) is 14.8 Å². The van der Waals surface area contributed by atoms with E-state index in [0.29, 0.717) is 18.7 Å². The number of pyridine rings is 1. The largest absolute Gasteiger partial charge is 0.472 e. The highest BCUT2D eigenvalue weighted by Crippen LogP contribution is 2.29. The molecule has 0 unspecified atom stereocenters. The van der Waals surface area contributed by atoms with Crippen LogP contribution in [0.4, 0.5) is 0 Å². The van der Waals surface area contributed by atoms with Crippen molar-refractivity contribution in [3.63, 3.8) is 0 Å². The average molecular weight is 428 g/mol. The predicted octanol–water partition coefficient (Wildman–Crippen LogP) is 5.32. The number of aryl methyl sites for hydroxylation is 2. The molecule has 2 aromatic carbocycles. The Morgan fingerprint density at radius 3 is 2.53 bits per heavy atom. The summed E-state index contributed by atoms with van der Waals surface area (Å²) in [5.41, 5.74) is 6.89. The van der Waals surface area contributed by atoms with Crippen molar-refractivity contribution in [3.8, 4) is 11.3 Å². The lowest BCUT2D eigenvalue weighted by Crippen LogP contribution is -2.36. The van der Waals surface area contributed by atoms with E-state index in [0.717, 1.165) is 39.8 Å². The number of carbonyl (C=O) groups excluding carboxylic acids is 1. The summed E-state index contributed by atoms with van der Waals surface area (Å²) in [6.07, 6.45) is 3.05. The molecule has 4 aromatic rings. The molecular weight excluding hydrogens is 398 g/mol. The highest BCUT2D eigenvalue weighted by molar-refractivity contribution is 5.94. The Morgan fingerprint density at radius 1 is 1.00 bits per heavy atom. The second-order valence-corrected chi connectivity index (χ2v) is 8.55. The minimum atomic E-state index is -0.0415. The molecule has 0 saturated heterocycles. The first kappa shape index (κ1) is 21.8. The van der Waals surface area contributed by atoms with Gasteiger partial charge in [0.25, 0.3) is 5.91 Å². The molecule has 32 heavy (non-hydrogen) atoms. The van der Waals surface area contributed by atoms with E-state index in [1.54, 1.807) is 6.07 Å². The lowest BCUT2D eigenvalue weighted by Gasteiger charge is -2.25. The summed E-state index contributed by atoms with van der Waals surface area (Å²) in [5, 5.41) is 1.08. The number of hydrogen-bond acceptors (Lipinski definition) is 4. The van der Waals surface area contributed by atoms with E-state index in [9.17, 15) is 4.79 Å². The number of amides is 1. The van der Waals surface area contributed by atoms with Crippen LogP contribution in [0.3, 0.4) is 0 Å². The molecule has 0 aliphatic carbocycles. The Balaban J connectivity index is 1.81. The lowest BCUT2D eigenvalue weighted by atomic mass is 10.00. The average Bonchev–Trinajstić information content (AvgIpc) is 3.31. The van der Waals surface area contributed by atoms with Crippen molar-refractivity contribution >= 4 is 16.8 Å². The summed E-state index contributed by atoms with van der Waals surface area (Å²) in [5.74, 6) is -0.0415. The lowest BCUT2D eigenvalue weighted by molar-refractivity contribution is 0.0731. The molecule has 5 nitrogen and oxygen atoms in total. The minimum absolute atomic E-state index is 0.0415. The van der Waals surface area contributed by atoms with Crippen LogP contribution in [0.1, 0.15) is 27.0 Å². The number of likely N-dealkylation sites (N-methyl/N-ethyl adjacent to an activating group) is 1. The number of fused-ring (bicyclic) bond motifs is 1. The number of nitrogens with zero attached hydrogens (tertiary/aromatic N) is 3. The van der Waals surface area contributed by atoms with Crippen LogP contribution in [0.5, 0.6) is 0 Å². The van der Waals surface area contributed by atoms with Crippen molar-refractivity contribution in [2.45, 2.75) is 20.4 Å². The first-order valence-corrected chi connectivity index (χ1v) is 10.8. The van der Waals surface area contributed by atoms with Gasteiger partial charge in [0.05, 0.1) is 23.0 Å². The van der Waals surface area contributed by atoms with Gasteiger partial charge in [-0.2, -0.15) is 0 Å². The quantitative estimate of drug-likeness (QED) is 0.401. The molecule has 0 atom stereocenters. The van der Waals surface area contributed by atoms with E-state index in [1.807, 2.05) is 19.0 Å². The van der Waals surface area contributed by atoms with Gasteiger partial charge in [-0.05, 0) is 57.3 Å². The van der Waals surface area contributed by atoms with Crippen LogP contribution in [0, 0.1) is 13.8 Å². The molecule has 0 fully saturated rings. The van der Waals surface area contributed by atoms with Gasteiger partial charge in [-0.15, -0.1) is 0 Å². The van der Waals surface area contributed by atoms with Gasteiger partial charge in [-0.3, -0.25) is 4.79 Å². The second-order valence-electron chi connectivity index (χ2n) is 8.55. The Morgan fingerprint density at radius 2 is 1.81 bits per heavy atom. The van der Waals surface area contributed by atoms with Gasteiger partial charge < -0.3 is 14.2 Å². The van der Waals surface area contributed by atoms with Crippen molar-refractivity contribution in [1.29, 1.82) is 0 Å². The SMILES string of the molecule is Cc1cccc(-c2nc3c(C)cccc3cc2CN(CCN(C)C)C(=O)c2ccoc2)c1. The zero-order chi connectivity index (χ0) is 22.7. The minimum Gasteiger partial charge on any atom is -0.472 e. The van der Waals surface area contributed by atoms with Crippen LogP contribution < -0.4 is 0 Å². The molecule has 2 heterocycles. The van der Waals surface area contributed by atoms with Gasteiger partial charge in [-0.1, -0.05) is 42.0 Å². The number of benzene rings is 2. The zero-order valence-corrected chi connectivity index (χ0v) is 19.1. The van der Waals surface area contributed by atoms with Gasteiger partial charge in [0.2, 0.25) is 0 Å². The van der Waals surface area contributed by atoms with Gasteiger partial charge >= 0.3 is 0 Å². The van der Waals surface area contributed by atoms with Crippen LogP contribution in [-0.2, 0) is 6.54 Å². The van der Waals surface area contributed by atoms with Crippen molar-refractivity contribution < 1.29 is 9.21 Å². The monoisotopic (exact) mass is 427 g/mol. The van der Waals surface area contributed by atoms with Crippen molar-refractivity contribution in [3.05, 3.63) is 89.4 Å². The molecule has 164 valence electrons. The Labute approximate surface area is 189 Å². The van der Waals surface area contributed by atoms with E-state index in [1.165, 1.54) is 18.1 Å². The molecular formula is C27H29N3O2. The maximum atomic E-state index is 13.3. The van der Waals surface area contributed by atoms with Gasteiger partial charge in [0.1, 0.15) is 6.26 Å². The normalized spacial score (nSPS) is 11.3. The third kappa shape index (κ3) is 4.73. The summed E-state index contributed by atoms with van der Waals surface area (Å²) in [4.78, 5) is 22.3. The predicted molar refractivity (Wildman–Crippen MR) is 129 cm³/mol. The fourth-order valence-electron chi connectivity index (χ4n) is 3.90. The molecule has 0 spiro atoms. The maximum Gasteiger partial charge on any atom is 0.257 e. The summed E-state index contributed by atoms with van der Waals surface area (Å²) < 4.78 is 5.17. The maximum absolute atomic E-state index is 13.3. The van der Waals surface area contributed by atoms with E-state index >= 15 is 0 Å². The molecule has 0 aliphatic rings. The Bertz CT molecular complexity index is 1230. The molecule has 0 saturated carbocycles. The van der Waals surface area contributed by atoms with Crippen LogP contribution >= 0.6 is 0 Å². The van der Waals surface area contributed by atoms with Crippen LogP contribution in [0.2, 0.25) is 0 Å². The number of aromatic nitrogens is 1. The summed E-state index contributed by atoms with van der Waals surface area (Å²) in [6.45, 7) is 6.01. The summed E-state index contributed by atoms with van der Waals surface area (Å²) >= 11 is 0. The smallest absolute Gasteiger partial charge is 0.257 e. The van der Waals surface area contributed by atoms with Crippen LogP contribution in [0.15, 0.2) is 71.5 Å². The molecule has 1 amide bonds. The second kappa shape index (κ2) is 9.37. The molecule has 0 N–H and O–H groups in total. The molecule has 2 aromatic heterocycles. The zero-order valence-electron chi connectivity index (χ0n) is 19.1. The van der Waals surface area contributed by atoms with Gasteiger partial charge in [0.15, 0.2) is 0 Å². The third-order valence-electron chi connectivity index (χ3n) is 5.65. The molecule has 0 radical (unpaired) electrons. The molecule has 5 heteroatoms. The highest BCUT2D eigenvalue weighted by atomic mass is 16.3. The van der Waals surface area contributed by atoms with Crippen LogP contribution in [-0.4, -0.2) is 47.9 Å². The number of para-hydroxylation sites is 1. The molecule has 0 bridgehead atoms. The number of hydrogen-bond donors (Lipinski definition) is 0. The topological polar surface area (TPSA) is 49.6 Å². The number of rotatable bonds is 7. The van der Waals surface area contributed by atoms with E-state index in [-0.39, 0.29) is 5.91 Å². The van der Waals surface area contributed by atoms with E-state index in [4.69, 9.17) is 9.40 Å². The molecule has 4 rings (SSSR count). The van der Waals surface area contributed by atoms with E-state index in [2.05, 4.69) is 67.3 Å². The highest BCUT2D eigenvalue weighted by Gasteiger charge is 2.20.